The van der Waals surface area contributed by atoms with Crippen molar-refractivity contribution in [2.24, 2.45) is 0 Å². The average Bonchev–Trinajstić information content (AvgIpc) is 2.27. The zero-order valence-corrected chi connectivity index (χ0v) is 13.1. The van der Waals surface area contributed by atoms with Crippen LogP contribution < -0.4 is 0 Å². The Morgan fingerprint density at radius 3 is 2.37 bits per heavy atom. The first-order chi connectivity index (χ1) is 8.68. The molecular formula is C16H23ClO2. The summed E-state index contributed by atoms with van der Waals surface area (Å²) in [5, 5.41) is 9.86. The highest BCUT2D eigenvalue weighted by atomic mass is 35.5. The van der Waals surface area contributed by atoms with Gasteiger partial charge in [-0.05, 0) is 47.1 Å². The number of benzene rings is 1. The summed E-state index contributed by atoms with van der Waals surface area (Å²) in [5.74, 6) is 0.0283. The van der Waals surface area contributed by atoms with E-state index < -0.39 is 0 Å². The van der Waals surface area contributed by atoms with Crippen LogP contribution in [0.4, 0.5) is 0 Å². The van der Waals surface area contributed by atoms with Crippen LogP contribution in [-0.2, 0) is 10.2 Å². The van der Waals surface area contributed by atoms with E-state index in [2.05, 4.69) is 0 Å². The molecular weight excluding hydrogens is 260 g/mol. The van der Waals surface area contributed by atoms with E-state index in [9.17, 15) is 9.90 Å². The lowest BCUT2D eigenvalue weighted by Gasteiger charge is -2.24. The molecule has 1 atom stereocenters. The molecule has 0 aliphatic carbocycles. The van der Waals surface area contributed by atoms with Crippen LogP contribution in [0.5, 0.6) is 5.75 Å². The van der Waals surface area contributed by atoms with Crippen LogP contribution >= 0.6 is 11.6 Å². The first kappa shape index (κ1) is 16.0. The highest BCUT2D eigenvalue weighted by Gasteiger charge is 2.24. The zero-order chi connectivity index (χ0) is 14.8. The number of phenolic OH excluding ortho intramolecular Hbond substituents is 1. The molecule has 1 aromatic carbocycles. The van der Waals surface area contributed by atoms with E-state index in [1.165, 1.54) is 0 Å². The molecule has 0 aromatic heterocycles. The van der Waals surface area contributed by atoms with Gasteiger partial charge in [0.15, 0.2) is 0 Å². The second-order valence-electron chi connectivity index (χ2n) is 6.13. The fourth-order valence-electron chi connectivity index (χ4n) is 2.28. The van der Waals surface area contributed by atoms with Gasteiger partial charge in [-0.15, -0.1) is 0 Å². The van der Waals surface area contributed by atoms with Gasteiger partial charge in [0.25, 0.3) is 0 Å². The first-order valence-corrected chi connectivity index (χ1v) is 7.09. The Morgan fingerprint density at radius 2 is 1.95 bits per heavy atom. The Kier molecular flexibility index (Phi) is 5.03. The van der Waals surface area contributed by atoms with Gasteiger partial charge in [-0.2, -0.15) is 0 Å². The summed E-state index contributed by atoms with van der Waals surface area (Å²) in [6.07, 6.45) is 1.63. The van der Waals surface area contributed by atoms with Crippen molar-refractivity contribution < 1.29 is 9.90 Å². The summed E-state index contributed by atoms with van der Waals surface area (Å²) in [5.41, 5.74) is 2.39. The molecule has 0 aliphatic heterocycles. The van der Waals surface area contributed by atoms with Crippen LogP contribution in [0.3, 0.4) is 0 Å². The number of hydrogen-bond acceptors (Lipinski definition) is 2. The number of halogens is 1. The molecule has 0 spiro atoms. The van der Waals surface area contributed by atoms with Crippen LogP contribution in [0, 0.1) is 6.92 Å². The van der Waals surface area contributed by atoms with E-state index >= 15 is 0 Å². The molecule has 0 saturated carbocycles. The lowest BCUT2D eigenvalue weighted by Crippen LogP contribution is -2.14. The Hall–Kier alpha value is -1.02. The third kappa shape index (κ3) is 3.73. The predicted molar refractivity (Wildman–Crippen MR) is 80.1 cm³/mol. The van der Waals surface area contributed by atoms with Gasteiger partial charge in [0.05, 0.1) is 5.92 Å². The normalized spacial score (nSPS) is 13.4. The lowest BCUT2D eigenvalue weighted by molar-refractivity contribution is -0.113. The minimum absolute atomic E-state index is 0.170. The third-order valence-corrected chi connectivity index (χ3v) is 3.65. The molecule has 0 heterocycles. The smallest absolute Gasteiger partial charge is 0.229 e. The molecule has 0 amide bonds. The molecule has 0 saturated heterocycles. The molecule has 19 heavy (non-hydrogen) atoms. The second kappa shape index (κ2) is 5.96. The Bertz CT molecular complexity index is 472. The van der Waals surface area contributed by atoms with E-state index in [4.69, 9.17) is 11.6 Å². The molecule has 0 bridgehead atoms. The first-order valence-electron chi connectivity index (χ1n) is 6.71. The van der Waals surface area contributed by atoms with Crippen molar-refractivity contribution >= 4 is 16.8 Å². The maximum Gasteiger partial charge on any atom is 0.229 e. The largest absolute Gasteiger partial charge is 0.507 e. The van der Waals surface area contributed by atoms with Crippen LogP contribution in [0.25, 0.3) is 0 Å². The molecule has 1 N–H and O–H groups in total. The van der Waals surface area contributed by atoms with Gasteiger partial charge in [-0.1, -0.05) is 46.2 Å². The Labute approximate surface area is 120 Å². The Balaban J connectivity index is 3.37. The molecule has 106 valence electrons. The maximum absolute atomic E-state index is 11.6. The van der Waals surface area contributed by atoms with Gasteiger partial charge < -0.3 is 5.11 Å². The van der Waals surface area contributed by atoms with Gasteiger partial charge in [-0.25, -0.2) is 0 Å². The van der Waals surface area contributed by atoms with Gasteiger partial charge >= 0.3 is 0 Å². The standard InChI is InChI=1S/C16H23ClO2/c1-6-7-12(15(17)19)11-8-10(2)14(18)13(9-11)16(3,4)5/h8-9,12,18H,6-7H2,1-5H3. The van der Waals surface area contributed by atoms with E-state index in [1.807, 2.05) is 46.8 Å². The number of carbonyl (C=O) groups is 1. The van der Waals surface area contributed by atoms with E-state index in [-0.39, 0.29) is 16.6 Å². The predicted octanol–water partition coefficient (Wildman–Crippen LogP) is 4.65. The SMILES string of the molecule is CCCC(C(=O)Cl)c1cc(C)c(O)c(C(C)(C)C)c1. The molecule has 0 aliphatic rings. The summed E-state index contributed by atoms with van der Waals surface area (Å²) in [7, 11) is 0. The summed E-state index contributed by atoms with van der Waals surface area (Å²) >= 11 is 5.71. The number of phenols is 1. The van der Waals surface area contributed by atoms with Crippen molar-refractivity contribution in [3.05, 3.63) is 28.8 Å². The quantitative estimate of drug-likeness (QED) is 0.817. The molecule has 3 heteroatoms. The second-order valence-corrected chi connectivity index (χ2v) is 6.50. The number of aryl methyl sites for hydroxylation is 1. The number of carbonyl (C=O) groups excluding carboxylic acids is 1. The van der Waals surface area contributed by atoms with Crippen molar-refractivity contribution in [3.8, 4) is 5.75 Å². The minimum Gasteiger partial charge on any atom is -0.507 e. The lowest BCUT2D eigenvalue weighted by atomic mass is 9.82. The van der Waals surface area contributed by atoms with Crippen molar-refractivity contribution in [1.82, 2.24) is 0 Å². The molecule has 0 fully saturated rings. The molecule has 0 radical (unpaired) electrons. The topological polar surface area (TPSA) is 37.3 Å². The molecule has 1 rings (SSSR count). The van der Waals surface area contributed by atoms with Gasteiger partial charge in [0.2, 0.25) is 5.24 Å². The highest BCUT2D eigenvalue weighted by molar-refractivity contribution is 6.64. The molecule has 2 nitrogen and oxygen atoms in total. The average molecular weight is 283 g/mol. The summed E-state index contributed by atoms with van der Waals surface area (Å²) in [6.45, 7) is 10.0. The number of rotatable bonds is 4. The van der Waals surface area contributed by atoms with Crippen molar-refractivity contribution in [3.63, 3.8) is 0 Å². The van der Waals surface area contributed by atoms with Gasteiger partial charge in [0, 0.05) is 0 Å². The maximum atomic E-state index is 11.6. The fourth-order valence-corrected chi connectivity index (χ4v) is 2.52. The highest BCUT2D eigenvalue weighted by Crippen LogP contribution is 2.37. The number of aromatic hydroxyl groups is 1. The van der Waals surface area contributed by atoms with Crippen molar-refractivity contribution in [2.45, 2.75) is 58.8 Å². The number of hydrogen-bond donors (Lipinski definition) is 1. The van der Waals surface area contributed by atoms with Gasteiger partial charge in [0.1, 0.15) is 5.75 Å². The van der Waals surface area contributed by atoms with E-state index in [1.54, 1.807) is 0 Å². The monoisotopic (exact) mass is 282 g/mol. The van der Waals surface area contributed by atoms with Crippen molar-refractivity contribution in [2.75, 3.05) is 0 Å². The summed E-state index contributed by atoms with van der Waals surface area (Å²) in [6, 6.07) is 3.79. The zero-order valence-electron chi connectivity index (χ0n) is 12.4. The summed E-state index contributed by atoms with van der Waals surface area (Å²) < 4.78 is 0. The van der Waals surface area contributed by atoms with Gasteiger partial charge in [-0.3, -0.25) is 4.79 Å². The molecule has 1 unspecified atom stereocenters. The fraction of sp³-hybridized carbons (Fsp3) is 0.562. The summed E-state index contributed by atoms with van der Waals surface area (Å²) in [4.78, 5) is 11.6. The van der Waals surface area contributed by atoms with Crippen LogP contribution in [0.15, 0.2) is 12.1 Å². The van der Waals surface area contributed by atoms with Crippen LogP contribution in [-0.4, -0.2) is 10.3 Å². The minimum atomic E-state index is -0.327. The van der Waals surface area contributed by atoms with Crippen molar-refractivity contribution in [1.29, 1.82) is 0 Å². The Morgan fingerprint density at radius 1 is 1.37 bits per heavy atom. The van der Waals surface area contributed by atoms with E-state index in [0.717, 1.165) is 29.5 Å². The van der Waals surface area contributed by atoms with E-state index in [0.29, 0.717) is 5.75 Å². The molecule has 1 aromatic rings. The van der Waals surface area contributed by atoms with Crippen LogP contribution in [0.1, 0.15) is 63.1 Å². The third-order valence-electron chi connectivity index (χ3n) is 3.38. The van der Waals surface area contributed by atoms with Crippen LogP contribution in [0.2, 0.25) is 0 Å².